The highest BCUT2D eigenvalue weighted by molar-refractivity contribution is 6.01. The highest BCUT2D eigenvalue weighted by Crippen LogP contribution is 2.22. The van der Waals surface area contributed by atoms with Crippen LogP contribution in [0, 0.1) is 0 Å². The Morgan fingerprint density at radius 3 is 1.97 bits per heavy atom. The second-order valence-corrected chi connectivity index (χ2v) is 5.99. The van der Waals surface area contributed by atoms with Crippen LogP contribution in [0.5, 0.6) is 0 Å². The van der Waals surface area contributed by atoms with E-state index in [1.165, 1.54) is 0 Å². The number of benzene rings is 3. The fourth-order valence-corrected chi connectivity index (χ4v) is 2.47. The van der Waals surface area contributed by atoms with Crippen molar-refractivity contribution in [2.24, 2.45) is 15.7 Å². The standard InChI is InChI=1S/C21H18F3N5O/c22-21(23,24)30-29-20(28-19(25)26-17-9-5-2-6-10-17)27-18-13-11-16(12-14-18)15-7-3-1-4-8-15/h1-14H,(H4,25,26,27,28,29). The predicted octanol–water partition coefficient (Wildman–Crippen LogP) is 4.81. The van der Waals surface area contributed by atoms with Crippen LogP contribution in [0.4, 0.5) is 24.5 Å². The van der Waals surface area contributed by atoms with Crippen LogP contribution in [0.1, 0.15) is 0 Å². The number of rotatable bonds is 4. The highest BCUT2D eigenvalue weighted by Gasteiger charge is 2.30. The molecule has 30 heavy (non-hydrogen) atoms. The number of hydrogen-bond donors (Lipinski definition) is 3. The van der Waals surface area contributed by atoms with Crippen LogP contribution in [-0.2, 0) is 4.84 Å². The maximum atomic E-state index is 12.4. The molecule has 0 amide bonds. The fraction of sp³-hybridized carbons (Fsp3) is 0.0476. The van der Waals surface area contributed by atoms with Crippen LogP contribution in [0.15, 0.2) is 94.9 Å². The minimum Gasteiger partial charge on any atom is -0.369 e. The summed E-state index contributed by atoms with van der Waals surface area (Å²) in [6.07, 6.45) is -4.92. The zero-order valence-electron chi connectivity index (χ0n) is 15.6. The maximum Gasteiger partial charge on any atom is 0.543 e. The number of hydrogen-bond acceptors (Lipinski definition) is 2. The molecule has 0 aliphatic rings. The number of guanidine groups is 2. The van der Waals surface area contributed by atoms with Gasteiger partial charge < -0.3 is 11.1 Å². The summed E-state index contributed by atoms with van der Waals surface area (Å²) in [6, 6.07) is 25.3. The Balaban J connectivity index is 1.81. The lowest BCUT2D eigenvalue weighted by Crippen LogP contribution is -2.33. The van der Waals surface area contributed by atoms with Crippen LogP contribution in [-0.4, -0.2) is 18.3 Å². The van der Waals surface area contributed by atoms with Gasteiger partial charge in [-0.25, -0.2) is 10.5 Å². The third-order valence-electron chi connectivity index (χ3n) is 3.74. The molecule has 3 aromatic rings. The molecule has 154 valence electrons. The van der Waals surface area contributed by atoms with E-state index in [-0.39, 0.29) is 5.96 Å². The molecule has 0 aromatic heterocycles. The molecule has 6 nitrogen and oxygen atoms in total. The molecule has 0 saturated heterocycles. The van der Waals surface area contributed by atoms with Gasteiger partial charge in [-0.1, -0.05) is 60.7 Å². The van der Waals surface area contributed by atoms with Crippen molar-refractivity contribution in [2.45, 2.75) is 6.36 Å². The van der Waals surface area contributed by atoms with Crippen molar-refractivity contribution in [3.63, 3.8) is 0 Å². The van der Waals surface area contributed by atoms with Gasteiger partial charge in [0.15, 0.2) is 0 Å². The van der Waals surface area contributed by atoms with Crippen LogP contribution < -0.4 is 16.5 Å². The van der Waals surface area contributed by atoms with Crippen molar-refractivity contribution in [3.05, 3.63) is 84.9 Å². The van der Waals surface area contributed by atoms with Gasteiger partial charge in [-0.15, -0.1) is 13.2 Å². The van der Waals surface area contributed by atoms with E-state index in [1.807, 2.05) is 36.4 Å². The van der Waals surface area contributed by atoms with Gasteiger partial charge >= 0.3 is 6.36 Å². The summed E-state index contributed by atoms with van der Waals surface area (Å²) in [4.78, 5) is 11.5. The monoisotopic (exact) mass is 413 g/mol. The normalized spacial score (nSPS) is 12.5. The van der Waals surface area contributed by atoms with Crippen LogP contribution in [0.2, 0.25) is 0 Å². The second-order valence-electron chi connectivity index (χ2n) is 5.99. The van der Waals surface area contributed by atoms with Crippen LogP contribution in [0.25, 0.3) is 11.1 Å². The van der Waals surface area contributed by atoms with Gasteiger partial charge in [0, 0.05) is 5.69 Å². The third kappa shape index (κ3) is 6.64. The number of halogens is 3. The van der Waals surface area contributed by atoms with Gasteiger partial charge in [0.05, 0.1) is 5.69 Å². The molecule has 0 atom stereocenters. The number of nitrogens with zero attached hydrogens (tertiary/aromatic N) is 2. The first-order valence-electron chi connectivity index (χ1n) is 8.80. The molecule has 0 fully saturated rings. The number of alkyl halides is 3. The molecule has 9 heteroatoms. The maximum absolute atomic E-state index is 12.4. The van der Waals surface area contributed by atoms with Gasteiger partial charge in [0.1, 0.15) is 0 Å². The molecule has 3 aromatic carbocycles. The van der Waals surface area contributed by atoms with Gasteiger partial charge in [-0.2, -0.15) is 9.83 Å². The van der Waals surface area contributed by atoms with Crippen LogP contribution >= 0.6 is 0 Å². The Bertz CT molecular complexity index is 1000. The van der Waals surface area contributed by atoms with E-state index in [0.717, 1.165) is 11.1 Å². The van der Waals surface area contributed by atoms with E-state index >= 15 is 0 Å². The summed E-state index contributed by atoms with van der Waals surface area (Å²) in [5.41, 5.74) is 10.4. The molecule has 0 spiro atoms. The van der Waals surface area contributed by atoms with Crippen molar-refractivity contribution in [3.8, 4) is 11.1 Å². The minimum atomic E-state index is -4.92. The quantitative estimate of drug-likeness (QED) is 0.326. The molecule has 0 unspecified atom stereocenters. The Morgan fingerprint density at radius 2 is 1.37 bits per heavy atom. The average Bonchev–Trinajstić information content (AvgIpc) is 2.73. The van der Waals surface area contributed by atoms with Crippen molar-refractivity contribution < 1.29 is 18.0 Å². The molecule has 3 rings (SSSR count). The first-order valence-corrected chi connectivity index (χ1v) is 8.80. The molecule has 0 aliphatic heterocycles. The van der Waals surface area contributed by atoms with Gasteiger partial charge in [-0.3, -0.25) is 0 Å². The fourth-order valence-electron chi connectivity index (χ4n) is 2.47. The highest BCUT2D eigenvalue weighted by atomic mass is 19.4. The molecule has 0 aliphatic carbocycles. The lowest BCUT2D eigenvalue weighted by molar-refractivity contribution is -0.341. The van der Waals surface area contributed by atoms with Crippen molar-refractivity contribution >= 4 is 23.3 Å². The van der Waals surface area contributed by atoms with Gasteiger partial charge in [0.2, 0.25) is 5.96 Å². The summed E-state index contributed by atoms with van der Waals surface area (Å²) >= 11 is 0. The first-order chi connectivity index (χ1) is 14.4. The average molecular weight is 413 g/mol. The zero-order chi connectivity index (χ0) is 21.4. The summed E-state index contributed by atoms with van der Waals surface area (Å²) in [6.45, 7) is 0. The second kappa shape index (κ2) is 9.57. The van der Waals surface area contributed by atoms with Gasteiger partial charge in [-0.05, 0) is 35.4 Å². The van der Waals surface area contributed by atoms with Crippen molar-refractivity contribution in [1.82, 2.24) is 5.48 Å². The van der Waals surface area contributed by atoms with E-state index in [4.69, 9.17) is 5.73 Å². The van der Waals surface area contributed by atoms with E-state index in [0.29, 0.717) is 11.4 Å². The summed E-state index contributed by atoms with van der Waals surface area (Å²) in [5.74, 6) is -0.639. The Labute approximate surface area is 170 Å². The van der Waals surface area contributed by atoms with E-state index in [9.17, 15) is 13.2 Å². The molecule has 0 bridgehead atoms. The number of nitrogens with one attached hydrogen (secondary N) is 2. The largest absolute Gasteiger partial charge is 0.543 e. The third-order valence-corrected chi connectivity index (χ3v) is 3.74. The SMILES string of the molecule is NC(=NC(=Nc1ccc(-c2ccccc2)cc1)NOC(F)(F)F)Nc1ccccc1. The summed E-state index contributed by atoms with van der Waals surface area (Å²) in [7, 11) is 0. The zero-order valence-corrected chi connectivity index (χ0v) is 15.6. The van der Waals surface area contributed by atoms with Crippen molar-refractivity contribution in [2.75, 3.05) is 5.32 Å². The lowest BCUT2D eigenvalue weighted by Gasteiger charge is -2.10. The molecule has 0 saturated carbocycles. The summed E-state index contributed by atoms with van der Waals surface area (Å²) < 4.78 is 37.3. The molecular formula is C21H18F3N5O. The smallest absolute Gasteiger partial charge is 0.369 e. The van der Waals surface area contributed by atoms with Crippen LogP contribution in [0.3, 0.4) is 0 Å². The number of aliphatic imine (C=N–C) groups is 2. The Kier molecular flexibility index (Phi) is 6.66. The molecular weight excluding hydrogens is 395 g/mol. The summed E-state index contributed by atoms with van der Waals surface area (Å²) in [5, 5.41) is 2.76. The Hall–Kier alpha value is -3.85. The number of hydroxylamine groups is 1. The van der Waals surface area contributed by atoms with E-state index in [2.05, 4.69) is 20.1 Å². The predicted molar refractivity (Wildman–Crippen MR) is 111 cm³/mol. The lowest BCUT2D eigenvalue weighted by atomic mass is 10.1. The molecule has 0 heterocycles. The molecule has 0 radical (unpaired) electrons. The minimum absolute atomic E-state index is 0.167. The first kappa shape index (κ1) is 20.9. The number of nitrogens with two attached hydrogens (primary N) is 1. The van der Waals surface area contributed by atoms with Gasteiger partial charge in [0.25, 0.3) is 5.96 Å². The van der Waals surface area contributed by atoms with E-state index in [1.54, 1.807) is 54.0 Å². The molecule has 4 N–H and O–H groups in total. The van der Waals surface area contributed by atoms with Crippen molar-refractivity contribution in [1.29, 1.82) is 0 Å². The number of para-hydroxylation sites is 1. The Morgan fingerprint density at radius 1 is 0.800 bits per heavy atom. The number of anilines is 1. The topological polar surface area (TPSA) is 84.0 Å². The van der Waals surface area contributed by atoms with E-state index < -0.39 is 12.3 Å².